The number of alkyl halides is 3. The highest BCUT2D eigenvalue weighted by Gasteiger charge is 2.34. The summed E-state index contributed by atoms with van der Waals surface area (Å²) < 4.78 is 45.0. The van der Waals surface area contributed by atoms with E-state index in [4.69, 9.17) is 4.74 Å². The van der Waals surface area contributed by atoms with Crippen molar-refractivity contribution in [3.63, 3.8) is 0 Å². The summed E-state index contributed by atoms with van der Waals surface area (Å²) in [6.45, 7) is 3.75. The van der Waals surface area contributed by atoms with Gasteiger partial charge in [0.25, 0.3) is 0 Å². The number of nitrogens with zero attached hydrogens (tertiary/aromatic N) is 1. The van der Waals surface area contributed by atoms with Gasteiger partial charge >= 0.3 is 6.18 Å². The molecule has 3 rings (SSSR count). The number of para-hydroxylation sites is 2. The van der Waals surface area contributed by atoms with Crippen LogP contribution in [0.5, 0.6) is 5.75 Å². The van der Waals surface area contributed by atoms with Crippen molar-refractivity contribution in [2.75, 3.05) is 12.4 Å². The lowest BCUT2D eigenvalue weighted by molar-refractivity contribution is -0.137. The van der Waals surface area contributed by atoms with Crippen LogP contribution < -0.4 is 10.1 Å². The molecule has 30 heavy (non-hydrogen) atoms. The summed E-state index contributed by atoms with van der Waals surface area (Å²) >= 11 is 1.22. The largest absolute Gasteiger partial charge is 0.494 e. The Labute approximate surface area is 176 Å². The third-order valence-electron chi connectivity index (χ3n) is 4.62. The lowest BCUT2D eigenvalue weighted by Crippen LogP contribution is -2.26. The van der Waals surface area contributed by atoms with E-state index < -0.39 is 22.9 Å². The van der Waals surface area contributed by atoms with Gasteiger partial charge in [-0.25, -0.2) is 4.98 Å². The molecular formula is C22H21F3N2O2S. The van der Waals surface area contributed by atoms with Crippen molar-refractivity contribution in [1.82, 2.24) is 4.98 Å². The number of nitrogens with one attached hydrogen (secondary N) is 1. The zero-order chi connectivity index (χ0) is 21.9. The fraction of sp³-hybridized carbons (Fsp3) is 0.273. The second-order valence-electron chi connectivity index (χ2n) is 6.68. The first-order chi connectivity index (χ1) is 14.2. The highest BCUT2D eigenvalue weighted by molar-refractivity contribution is 8.00. The number of halogens is 3. The summed E-state index contributed by atoms with van der Waals surface area (Å²) in [4.78, 5) is 17.4. The molecule has 158 valence electrons. The third kappa shape index (κ3) is 4.70. The van der Waals surface area contributed by atoms with Crippen molar-refractivity contribution < 1.29 is 22.7 Å². The van der Waals surface area contributed by atoms with E-state index in [1.54, 1.807) is 20.1 Å². The van der Waals surface area contributed by atoms with Gasteiger partial charge in [0.15, 0.2) is 0 Å². The quantitative estimate of drug-likeness (QED) is 0.478. The summed E-state index contributed by atoms with van der Waals surface area (Å²) in [5, 5.41) is 3.37. The molecule has 0 aliphatic carbocycles. The number of carbonyl (C=O) groups is 1. The molecule has 1 unspecified atom stereocenters. The number of carbonyl (C=O) groups excluding carboxylic acids is 1. The van der Waals surface area contributed by atoms with Crippen LogP contribution in [0.2, 0.25) is 0 Å². The molecule has 4 nitrogen and oxygen atoms in total. The number of fused-ring (bicyclic) bond motifs is 1. The molecule has 1 N–H and O–H groups in total. The van der Waals surface area contributed by atoms with Crippen LogP contribution in [-0.4, -0.2) is 23.3 Å². The molecule has 0 fully saturated rings. The Balaban J connectivity index is 1.87. The van der Waals surface area contributed by atoms with Gasteiger partial charge in [-0.2, -0.15) is 13.2 Å². The molecule has 1 heterocycles. The van der Waals surface area contributed by atoms with Crippen LogP contribution in [0, 0.1) is 6.92 Å². The van der Waals surface area contributed by atoms with E-state index in [2.05, 4.69) is 10.3 Å². The number of anilines is 1. The molecule has 0 bridgehead atoms. The number of hydrogen-bond acceptors (Lipinski definition) is 4. The van der Waals surface area contributed by atoms with Crippen LogP contribution in [0.3, 0.4) is 0 Å². The number of hydrogen-bond donors (Lipinski definition) is 1. The fourth-order valence-electron chi connectivity index (χ4n) is 3.11. The number of aromatic nitrogens is 1. The van der Waals surface area contributed by atoms with Crippen molar-refractivity contribution in [2.45, 2.75) is 36.7 Å². The molecule has 1 aromatic heterocycles. The summed E-state index contributed by atoms with van der Waals surface area (Å²) in [5.74, 6) is 0.119. The van der Waals surface area contributed by atoms with Crippen LogP contribution in [0.1, 0.15) is 24.5 Å². The fourth-order valence-corrected chi connectivity index (χ4v) is 4.12. The minimum Gasteiger partial charge on any atom is -0.494 e. The summed E-state index contributed by atoms with van der Waals surface area (Å²) in [6.07, 6.45) is -4.12. The van der Waals surface area contributed by atoms with E-state index >= 15 is 0 Å². The van der Waals surface area contributed by atoms with Crippen molar-refractivity contribution in [3.05, 3.63) is 59.7 Å². The van der Waals surface area contributed by atoms with E-state index in [-0.39, 0.29) is 5.69 Å². The van der Waals surface area contributed by atoms with Gasteiger partial charge in [0, 0.05) is 5.39 Å². The van der Waals surface area contributed by atoms with Crippen molar-refractivity contribution in [3.8, 4) is 5.75 Å². The van der Waals surface area contributed by atoms with Gasteiger partial charge in [-0.15, -0.1) is 0 Å². The van der Waals surface area contributed by atoms with Gasteiger partial charge in [0.05, 0.1) is 28.6 Å². The third-order valence-corrected chi connectivity index (χ3v) is 5.90. The zero-order valence-electron chi connectivity index (χ0n) is 16.7. The van der Waals surface area contributed by atoms with E-state index in [0.717, 1.165) is 17.0 Å². The van der Waals surface area contributed by atoms with E-state index in [0.29, 0.717) is 22.7 Å². The molecule has 3 aromatic rings. The molecular weight excluding hydrogens is 413 g/mol. The Morgan fingerprint density at radius 2 is 1.93 bits per heavy atom. The van der Waals surface area contributed by atoms with Crippen LogP contribution in [-0.2, 0) is 11.0 Å². The van der Waals surface area contributed by atoms with Gasteiger partial charge in [0.2, 0.25) is 5.91 Å². The van der Waals surface area contributed by atoms with E-state index in [9.17, 15) is 18.0 Å². The lowest BCUT2D eigenvalue weighted by Gasteiger charge is -2.18. The molecule has 8 heteroatoms. The van der Waals surface area contributed by atoms with Crippen LogP contribution in [0.4, 0.5) is 18.9 Å². The SMILES string of the molecule is CCC(Sc1cc(C)c2cccc(OC)c2n1)C(=O)Nc1ccccc1C(F)(F)F. The molecule has 1 amide bonds. The highest BCUT2D eigenvalue weighted by atomic mass is 32.2. The minimum absolute atomic E-state index is 0.252. The molecule has 0 saturated heterocycles. The van der Waals surface area contributed by atoms with Crippen molar-refractivity contribution in [1.29, 1.82) is 0 Å². The predicted octanol–water partition coefficient (Wildman–Crippen LogP) is 6.08. The van der Waals surface area contributed by atoms with Crippen molar-refractivity contribution >= 4 is 34.3 Å². The average molecular weight is 434 g/mol. The monoisotopic (exact) mass is 434 g/mol. The molecule has 1 atom stereocenters. The Hall–Kier alpha value is -2.74. The van der Waals surface area contributed by atoms with Gasteiger partial charge in [-0.3, -0.25) is 4.79 Å². The Morgan fingerprint density at radius 1 is 1.20 bits per heavy atom. The average Bonchev–Trinajstić information content (AvgIpc) is 2.71. The molecule has 0 spiro atoms. The highest BCUT2D eigenvalue weighted by Crippen LogP contribution is 2.36. The number of aryl methyl sites for hydroxylation is 1. The number of rotatable bonds is 6. The number of ether oxygens (including phenoxy) is 1. The van der Waals surface area contributed by atoms with Gasteiger partial charge < -0.3 is 10.1 Å². The van der Waals surface area contributed by atoms with Gasteiger partial charge in [-0.1, -0.05) is 43.0 Å². The number of thioether (sulfide) groups is 1. The Kier molecular flexibility index (Phi) is 6.55. The summed E-state index contributed by atoms with van der Waals surface area (Å²) in [5.41, 5.74) is 0.528. The number of amides is 1. The second-order valence-corrected chi connectivity index (χ2v) is 7.90. The van der Waals surface area contributed by atoms with E-state index in [1.807, 2.05) is 25.1 Å². The smallest absolute Gasteiger partial charge is 0.418 e. The molecule has 0 radical (unpaired) electrons. The number of methoxy groups -OCH3 is 1. The number of pyridine rings is 1. The second kappa shape index (κ2) is 8.95. The first kappa shape index (κ1) is 22.0. The topological polar surface area (TPSA) is 51.2 Å². The van der Waals surface area contributed by atoms with Crippen LogP contribution in [0.25, 0.3) is 10.9 Å². The first-order valence-corrected chi connectivity index (χ1v) is 10.2. The predicted molar refractivity (Wildman–Crippen MR) is 113 cm³/mol. The van der Waals surface area contributed by atoms with Crippen molar-refractivity contribution in [2.24, 2.45) is 0 Å². The lowest BCUT2D eigenvalue weighted by atomic mass is 10.1. The van der Waals surface area contributed by atoms with Gasteiger partial charge in [0.1, 0.15) is 11.3 Å². The summed E-state index contributed by atoms with van der Waals surface area (Å²) in [7, 11) is 1.56. The molecule has 2 aromatic carbocycles. The molecule has 0 saturated carbocycles. The maximum atomic E-state index is 13.2. The molecule has 0 aliphatic rings. The minimum atomic E-state index is -4.55. The number of benzene rings is 2. The zero-order valence-corrected chi connectivity index (χ0v) is 17.5. The normalized spacial score (nSPS) is 12.6. The maximum absolute atomic E-state index is 13.2. The van der Waals surface area contributed by atoms with E-state index in [1.165, 1.54) is 30.0 Å². The Morgan fingerprint density at radius 3 is 2.60 bits per heavy atom. The molecule has 0 aliphatic heterocycles. The first-order valence-electron chi connectivity index (χ1n) is 9.32. The Bertz CT molecular complexity index is 1070. The van der Waals surface area contributed by atoms with Crippen LogP contribution in [0.15, 0.2) is 53.6 Å². The van der Waals surface area contributed by atoms with Crippen LogP contribution >= 0.6 is 11.8 Å². The summed E-state index contributed by atoms with van der Waals surface area (Å²) in [6, 6.07) is 12.4. The maximum Gasteiger partial charge on any atom is 0.418 e. The van der Waals surface area contributed by atoms with Gasteiger partial charge in [-0.05, 0) is 43.2 Å². The standard InChI is InChI=1S/C22H21F3N2O2S/c1-4-18(21(28)26-16-10-6-5-9-15(16)22(23,24)25)30-19-12-13(2)14-8-7-11-17(29-3)20(14)27-19/h5-12,18H,4H2,1-3H3,(H,26,28).